The van der Waals surface area contributed by atoms with E-state index in [-0.39, 0.29) is 12.3 Å². The lowest BCUT2D eigenvalue weighted by Crippen LogP contribution is -2.15. The summed E-state index contributed by atoms with van der Waals surface area (Å²) in [6.45, 7) is 4.89. The van der Waals surface area contributed by atoms with Gasteiger partial charge in [0.15, 0.2) is 11.5 Å². The molecule has 0 spiro atoms. The van der Waals surface area contributed by atoms with E-state index in [1.54, 1.807) is 19.1 Å². The van der Waals surface area contributed by atoms with Gasteiger partial charge in [-0.1, -0.05) is 5.16 Å². The summed E-state index contributed by atoms with van der Waals surface area (Å²) in [6.07, 6.45) is 1.08. The number of carbonyl (C=O) groups is 1. The largest absolute Gasteiger partial charge is 0.490 e. The summed E-state index contributed by atoms with van der Waals surface area (Å²) in [5.41, 5.74) is 2.25. The summed E-state index contributed by atoms with van der Waals surface area (Å²) in [4.78, 5) is 12.2. The third-order valence-corrected chi connectivity index (χ3v) is 3.55. The van der Waals surface area contributed by atoms with E-state index in [2.05, 4.69) is 10.5 Å². The van der Waals surface area contributed by atoms with Crippen molar-refractivity contribution in [2.24, 2.45) is 0 Å². The van der Waals surface area contributed by atoms with Crippen molar-refractivity contribution in [2.75, 3.05) is 18.5 Å². The highest BCUT2D eigenvalue weighted by molar-refractivity contribution is 5.92. The first kappa shape index (κ1) is 14.4. The van der Waals surface area contributed by atoms with Crippen molar-refractivity contribution in [3.63, 3.8) is 0 Å². The van der Waals surface area contributed by atoms with Crippen LogP contribution in [0.1, 0.15) is 23.4 Å². The predicted octanol–water partition coefficient (Wildman–Crippen LogP) is 2.63. The number of ether oxygens (including phenoxy) is 2. The fourth-order valence-electron chi connectivity index (χ4n) is 2.36. The number of hydrogen-bond donors (Lipinski definition) is 1. The molecule has 0 atom stereocenters. The molecule has 1 aliphatic rings. The van der Waals surface area contributed by atoms with Gasteiger partial charge in [0.05, 0.1) is 25.3 Å². The minimum absolute atomic E-state index is 0.121. The van der Waals surface area contributed by atoms with Crippen LogP contribution in [0, 0.1) is 13.8 Å². The van der Waals surface area contributed by atoms with Crippen molar-refractivity contribution in [3.05, 3.63) is 35.2 Å². The van der Waals surface area contributed by atoms with Crippen molar-refractivity contribution in [1.82, 2.24) is 5.16 Å². The molecule has 116 valence electrons. The molecule has 0 saturated heterocycles. The molecule has 2 heterocycles. The quantitative estimate of drug-likeness (QED) is 0.943. The van der Waals surface area contributed by atoms with Crippen LogP contribution in [0.2, 0.25) is 0 Å². The molecule has 1 aromatic heterocycles. The molecule has 1 amide bonds. The normalized spacial score (nSPS) is 13.5. The van der Waals surface area contributed by atoms with Gasteiger partial charge in [-0.05, 0) is 26.0 Å². The number of aromatic nitrogens is 1. The van der Waals surface area contributed by atoms with Crippen molar-refractivity contribution in [3.8, 4) is 11.5 Å². The molecule has 1 aromatic carbocycles. The van der Waals surface area contributed by atoms with Crippen LogP contribution in [-0.4, -0.2) is 24.3 Å². The van der Waals surface area contributed by atoms with Crippen LogP contribution in [0.3, 0.4) is 0 Å². The smallest absolute Gasteiger partial charge is 0.229 e. The summed E-state index contributed by atoms with van der Waals surface area (Å²) in [6, 6.07) is 5.40. The van der Waals surface area contributed by atoms with E-state index < -0.39 is 0 Å². The molecule has 22 heavy (non-hydrogen) atoms. The van der Waals surface area contributed by atoms with Gasteiger partial charge in [0, 0.05) is 23.7 Å². The van der Waals surface area contributed by atoms with Crippen LogP contribution in [0.15, 0.2) is 22.7 Å². The average molecular weight is 302 g/mol. The molecule has 0 bridgehead atoms. The van der Waals surface area contributed by atoms with Crippen molar-refractivity contribution < 1.29 is 18.8 Å². The topological polar surface area (TPSA) is 73.6 Å². The summed E-state index contributed by atoms with van der Waals surface area (Å²) in [7, 11) is 0. The molecule has 6 heteroatoms. The second-order valence-corrected chi connectivity index (χ2v) is 5.24. The van der Waals surface area contributed by atoms with E-state index in [1.165, 1.54) is 0 Å². The maximum atomic E-state index is 12.2. The van der Waals surface area contributed by atoms with Crippen LogP contribution >= 0.6 is 0 Å². The van der Waals surface area contributed by atoms with Gasteiger partial charge < -0.3 is 19.3 Å². The van der Waals surface area contributed by atoms with Gasteiger partial charge in [0.2, 0.25) is 5.91 Å². The highest BCUT2D eigenvalue weighted by atomic mass is 16.5. The van der Waals surface area contributed by atoms with Gasteiger partial charge in [-0.2, -0.15) is 0 Å². The zero-order valence-electron chi connectivity index (χ0n) is 12.6. The number of hydrogen-bond acceptors (Lipinski definition) is 5. The Bertz CT molecular complexity index is 674. The lowest BCUT2D eigenvalue weighted by molar-refractivity contribution is -0.115. The summed E-state index contributed by atoms with van der Waals surface area (Å²) in [5.74, 6) is 1.92. The molecular formula is C16H18N2O4. The Hall–Kier alpha value is -2.50. The van der Waals surface area contributed by atoms with Gasteiger partial charge in [-0.25, -0.2) is 0 Å². The number of amides is 1. The number of benzene rings is 1. The fourth-order valence-corrected chi connectivity index (χ4v) is 2.36. The van der Waals surface area contributed by atoms with E-state index in [1.807, 2.05) is 13.0 Å². The highest BCUT2D eigenvalue weighted by Crippen LogP contribution is 2.32. The molecule has 0 aliphatic carbocycles. The van der Waals surface area contributed by atoms with E-state index >= 15 is 0 Å². The Labute approximate surface area is 128 Å². The van der Waals surface area contributed by atoms with E-state index in [9.17, 15) is 4.79 Å². The molecule has 3 rings (SSSR count). The second kappa shape index (κ2) is 6.09. The molecule has 0 unspecified atom stereocenters. The van der Waals surface area contributed by atoms with Crippen molar-refractivity contribution >= 4 is 11.6 Å². The van der Waals surface area contributed by atoms with Gasteiger partial charge in [-0.3, -0.25) is 4.79 Å². The minimum Gasteiger partial charge on any atom is -0.490 e. The molecule has 6 nitrogen and oxygen atoms in total. The van der Waals surface area contributed by atoms with Gasteiger partial charge in [0.25, 0.3) is 0 Å². The number of nitrogens with zero attached hydrogens (tertiary/aromatic N) is 1. The predicted molar refractivity (Wildman–Crippen MR) is 80.4 cm³/mol. The Balaban J connectivity index is 1.70. The number of fused-ring (bicyclic) bond motifs is 1. The van der Waals surface area contributed by atoms with Crippen LogP contribution in [0.5, 0.6) is 11.5 Å². The number of nitrogens with one attached hydrogen (secondary N) is 1. The first-order valence-electron chi connectivity index (χ1n) is 7.25. The van der Waals surface area contributed by atoms with Crippen LogP contribution in [0.4, 0.5) is 5.69 Å². The Morgan fingerprint density at radius 3 is 2.73 bits per heavy atom. The molecular weight excluding hydrogens is 284 g/mol. The summed E-state index contributed by atoms with van der Waals surface area (Å²) >= 11 is 0. The zero-order chi connectivity index (χ0) is 15.5. The molecule has 0 saturated carbocycles. The number of aryl methyl sites for hydroxylation is 2. The van der Waals surface area contributed by atoms with Gasteiger partial charge >= 0.3 is 0 Å². The molecule has 1 aliphatic heterocycles. The van der Waals surface area contributed by atoms with E-state index in [0.717, 1.165) is 17.7 Å². The maximum absolute atomic E-state index is 12.2. The third-order valence-electron chi connectivity index (χ3n) is 3.55. The monoisotopic (exact) mass is 302 g/mol. The fraction of sp³-hybridized carbons (Fsp3) is 0.375. The Morgan fingerprint density at radius 2 is 2.00 bits per heavy atom. The number of carbonyl (C=O) groups excluding carboxylic acids is 1. The van der Waals surface area contributed by atoms with Crippen LogP contribution in [-0.2, 0) is 11.2 Å². The molecule has 0 fully saturated rings. The maximum Gasteiger partial charge on any atom is 0.229 e. The SMILES string of the molecule is Cc1noc(C)c1CC(=O)Nc1ccc2c(c1)OCCCO2. The van der Waals surface area contributed by atoms with Crippen LogP contribution < -0.4 is 14.8 Å². The number of rotatable bonds is 3. The lowest BCUT2D eigenvalue weighted by atomic mass is 10.1. The Kier molecular flexibility index (Phi) is 4.00. The van der Waals surface area contributed by atoms with Gasteiger partial charge in [-0.15, -0.1) is 0 Å². The third kappa shape index (κ3) is 3.05. The highest BCUT2D eigenvalue weighted by Gasteiger charge is 2.15. The molecule has 1 N–H and O–H groups in total. The van der Waals surface area contributed by atoms with Crippen LogP contribution in [0.25, 0.3) is 0 Å². The summed E-state index contributed by atoms with van der Waals surface area (Å²) < 4.78 is 16.2. The van der Waals surface area contributed by atoms with Crippen molar-refractivity contribution in [1.29, 1.82) is 0 Å². The first-order chi connectivity index (χ1) is 10.6. The van der Waals surface area contributed by atoms with E-state index in [0.29, 0.717) is 36.2 Å². The number of anilines is 1. The van der Waals surface area contributed by atoms with Crippen molar-refractivity contribution in [2.45, 2.75) is 26.7 Å². The second-order valence-electron chi connectivity index (χ2n) is 5.24. The lowest BCUT2D eigenvalue weighted by Gasteiger charge is -2.10. The first-order valence-corrected chi connectivity index (χ1v) is 7.25. The van der Waals surface area contributed by atoms with Gasteiger partial charge in [0.1, 0.15) is 5.76 Å². The standard InChI is InChI=1S/C16H18N2O4/c1-10-13(11(2)22-18-10)9-16(19)17-12-4-5-14-15(8-12)21-7-3-6-20-14/h4-5,8H,3,6-7,9H2,1-2H3,(H,17,19). The zero-order valence-corrected chi connectivity index (χ0v) is 12.6. The van der Waals surface area contributed by atoms with E-state index in [4.69, 9.17) is 14.0 Å². The molecule has 2 aromatic rings. The molecule has 0 radical (unpaired) electrons. The average Bonchev–Trinajstić information content (AvgIpc) is 2.70. The Morgan fingerprint density at radius 1 is 1.23 bits per heavy atom. The minimum atomic E-state index is -0.121. The summed E-state index contributed by atoms with van der Waals surface area (Å²) in [5, 5.41) is 6.71.